The molecule has 0 saturated carbocycles. The van der Waals surface area contributed by atoms with Crippen LogP contribution in [0.25, 0.3) is 16.6 Å². The Morgan fingerprint density at radius 2 is 1.94 bits per heavy atom. The summed E-state index contributed by atoms with van der Waals surface area (Å²) >= 11 is 0. The standard InChI is InChI=1S/C26H32N8O/c27-26(35)32-21-6-4-19(5-7-21)10-12-33-13-11-28-16-23(33)3-1-2-20-15-29-25-9-8-22(14-24(20)25)34-17-30-31-18-34/h4-9,14-15,17-18,23,28-29H,1-3,10-13,16H2,(H3,27,32,35). The van der Waals surface area contributed by atoms with E-state index >= 15 is 0 Å². The Kier molecular flexibility index (Phi) is 7.06. The second kappa shape index (κ2) is 10.7. The smallest absolute Gasteiger partial charge is 0.316 e. The normalized spacial score (nSPS) is 16.5. The Balaban J connectivity index is 1.16. The van der Waals surface area contributed by atoms with Crippen molar-refractivity contribution in [1.82, 2.24) is 30.0 Å². The molecule has 1 atom stereocenters. The Morgan fingerprint density at radius 3 is 2.74 bits per heavy atom. The molecule has 1 unspecified atom stereocenters. The maximum absolute atomic E-state index is 11.0. The van der Waals surface area contributed by atoms with Crippen LogP contribution in [0.2, 0.25) is 0 Å². The highest BCUT2D eigenvalue weighted by Crippen LogP contribution is 2.24. The molecule has 182 valence electrons. The molecule has 1 aliphatic heterocycles. The third-order valence-corrected chi connectivity index (χ3v) is 6.83. The van der Waals surface area contributed by atoms with Gasteiger partial charge in [-0.25, -0.2) is 4.79 Å². The number of rotatable bonds is 9. The van der Waals surface area contributed by atoms with Crippen LogP contribution in [0, 0.1) is 0 Å². The van der Waals surface area contributed by atoms with E-state index in [1.54, 1.807) is 12.7 Å². The fraction of sp³-hybridized carbons (Fsp3) is 0.346. The highest BCUT2D eigenvalue weighted by atomic mass is 16.2. The summed E-state index contributed by atoms with van der Waals surface area (Å²) in [5.41, 5.74) is 10.8. The van der Waals surface area contributed by atoms with E-state index < -0.39 is 6.03 Å². The SMILES string of the molecule is NC(=O)Nc1ccc(CCN2CCNCC2CCCc2c[nH]c3ccc(-n4cnnc4)cc23)cc1. The van der Waals surface area contributed by atoms with Crippen LogP contribution in [0.15, 0.2) is 61.3 Å². The summed E-state index contributed by atoms with van der Waals surface area (Å²) in [6, 6.07) is 14.4. The number of carbonyl (C=O) groups is 1. The van der Waals surface area contributed by atoms with Gasteiger partial charge in [0.2, 0.25) is 0 Å². The van der Waals surface area contributed by atoms with Crippen molar-refractivity contribution in [3.05, 3.63) is 72.4 Å². The van der Waals surface area contributed by atoms with Gasteiger partial charge >= 0.3 is 6.03 Å². The van der Waals surface area contributed by atoms with Crippen molar-refractivity contribution in [1.29, 1.82) is 0 Å². The number of amides is 2. The fourth-order valence-electron chi connectivity index (χ4n) is 4.95. The molecule has 5 N–H and O–H groups in total. The first-order valence-corrected chi connectivity index (χ1v) is 12.2. The first-order chi connectivity index (χ1) is 17.2. The van der Waals surface area contributed by atoms with Crippen LogP contribution in [-0.4, -0.2) is 62.9 Å². The van der Waals surface area contributed by atoms with E-state index in [0.29, 0.717) is 6.04 Å². The molecule has 4 aromatic rings. The molecule has 1 fully saturated rings. The molecule has 9 nitrogen and oxygen atoms in total. The molecule has 0 spiro atoms. The van der Waals surface area contributed by atoms with Crippen molar-refractivity contribution >= 4 is 22.6 Å². The zero-order valence-corrected chi connectivity index (χ0v) is 19.8. The minimum atomic E-state index is -0.537. The van der Waals surface area contributed by atoms with E-state index in [-0.39, 0.29) is 0 Å². The molecule has 5 rings (SSSR count). The summed E-state index contributed by atoms with van der Waals surface area (Å²) < 4.78 is 1.93. The molecule has 1 aliphatic rings. The quantitative estimate of drug-likeness (QED) is 0.299. The number of H-pyrrole nitrogens is 1. The van der Waals surface area contributed by atoms with Crippen LogP contribution in [0.1, 0.15) is 24.0 Å². The number of nitrogens with zero attached hydrogens (tertiary/aromatic N) is 4. The Labute approximate surface area is 204 Å². The van der Waals surface area contributed by atoms with Crippen LogP contribution in [0.3, 0.4) is 0 Å². The molecular weight excluding hydrogens is 440 g/mol. The lowest BCUT2D eigenvalue weighted by atomic mass is 10.0. The third-order valence-electron chi connectivity index (χ3n) is 6.83. The number of anilines is 1. The van der Waals surface area contributed by atoms with Crippen molar-refractivity contribution in [3.8, 4) is 5.69 Å². The topological polar surface area (TPSA) is 117 Å². The summed E-state index contributed by atoms with van der Waals surface area (Å²) in [6.07, 6.45) is 9.93. The number of nitrogens with one attached hydrogen (secondary N) is 3. The van der Waals surface area contributed by atoms with Gasteiger partial charge in [0.15, 0.2) is 0 Å². The lowest BCUT2D eigenvalue weighted by Crippen LogP contribution is -2.51. The largest absolute Gasteiger partial charge is 0.361 e. The summed E-state index contributed by atoms with van der Waals surface area (Å²) in [5.74, 6) is 0. The molecule has 35 heavy (non-hydrogen) atoms. The van der Waals surface area contributed by atoms with Gasteiger partial charge in [0.05, 0.1) is 0 Å². The summed E-state index contributed by atoms with van der Waals surface area (Å²) in [6.45, 7) is 4.17. The van der Waals surface area contributed by atoms with Gasteiger partial charge < -0.3 is 21.4 Å². The predicted octanol–water partition coefficient (Wildman–Crippen LogP) is 3.08. The molecule has 3 heterocycles. The number of primary amides is 1. The first kappa shape index (κ1) is 23.1. The zero-order chi connectivity index (χ0) is 24.0. The lowest BCUT2D eigenvalue weighted by Gasteiger charge is -2.36. The number of urea groups is 1. The number of hydrogen-bond acceptors (Lipinski definition) is 5. The number of aromatic amines is 1. The number of aryl methyl sites for hydroxylation is 1. The summed E-state index contributed by atoms with van der Waals surface area (Å²) in [4.78, 5) is 17.0. The predicted molar refractivity (Wildman–Crippen MR) is 138 cm³/mol. The highest BCUT2D eigenvalue weighted by Gasteiger charge is 2.21. The van der Waals surface area contributed by atoms with E-state index in [1.807, 2.05) is 16.7 Å². The first-order valence-electron chi connectivity index (χ1n) is 12.2. The molecule has 2 aromatic carbocycles. The summed E-state index contributed by atoms with van der Waals surface area (Å²) in [7, 11) is 0. The molecule has 0 bridgehead atoms. The molecule has 2 aromatic heterocycles. The van der Waals surface area contributed by atoms with E-state index in [4.69, 9.17) is 5.73 Å². The van der Waals surface area contributed by atoms with Gasteiger partial charge in [0, 0.05) is 60.7 Å². The van der Waals surface area contributed by atoms with Gasteiger partial charge in [0.1, 0.15) is 12.7 Å². The van der Waals surface area contributed by atoms with Crippen LogP contribution < -0.4 is 16.4 Å². The van der Waals surface area contributed by atoms with Crippen LogP contribution >= 0.6 is 0 Å². The van der Waals surface area contributed by atoms with Gasteiger partial charge in [-0.05, 0) is 67.1 Å². The average Bonchev–Trinajstić information content (AvgIpc) is 3.54. The fourth-order valence-corrected chi connectivity index (χ4v) is 4.95. The molecular formula is C26H32N8O. The van der Waals surface area contributed by atoms with E-state index in [9.17, 15) is 4.79 Å². The van der Waals surface area contributed by atoms with Gasteiger partial charge in [-0.15, -0.1) is 10.2 Å². The number of aromatic nitrogens is 4. The maximum Gasteiger partial charge on any atom is 0.316 e. The molecule has 9 heteroatoms. The minimum Gasteiger partial charge on any atom is -0.361 e. The van der Waals surface area contributed by atoms with Crippen molar-refractivity contribution < 1.29 is 4.79 Å². The van der Waals surface area contributed by atoms with E-state index in [0.717, 1.165) is 68.8 Å². The average molecular weight is 473 g/mol. The lowest BCUT2D eigenvalue weighted by molar-refractivity contribution is 0.153. The van der Waals surface area contributed by atoms with Gasteiger partial charge in [-0.2, -0.15) is 0 Å². The summed E-state index contributed by atoms with van der Waals surface area (Å²) in [5, 5.41) is 15.3. The number of carbonyl (C=O) groups excluding carboxylic acids is 1. The molecule has 2 amide bonds. The van der Waals surface area contributed by atoms with Crippen LogP contribution in [0.4, 0.5) is 10.5 Å². The maximum atomic E-state index is 11.0. The number of nitrogens with two attached hydrogens (primary N) is 1. The van der Waals surface area contributed by atoms with Crippen LogP contribution in [0.5, 0.6) is 0 Å². The van der Waals surface area contributed by atoms with Gasteiger partial charge in [-0.1, -0.05) is 12.1 Å². The Morgan fingerprint density at radius 1 is 1.11 bits per heavy atom. The van der Waals surface area contributed by atoms with Crippen molar-refractivity contribution in [2.24, 2.45) is 5.73 Å². The van der Waals surface area contributed by atoms with Crippen molar-refractivity contribution in [3.63, 3.8) is 0 Å². The van der Waals surface area contributed by atoms with Gasteiger partial charge in [0.25, 0.3) is 0 Å². The Bertz CT molecular complexity index is 1250. The van der Waals surface area contributed by atoms with Crippen molar-refractivity contribution in [2.75, 3.05) is 31.5 Å². The van der Waals surface area contributed by atoms with E-state index in [1.165, 1.54) is 16.5 Å². The zero-order valence-electron chi connectivity index (χ0n) is 19.8. The molecule has 1 saturated heterocycles. The molecule has 0 aliphatic carbocycles. The van der Waals surface area contributed by atoms with E-state index in [2.05, 4.69) is 67.2 Å². The van der Waals surface area contributed by atoms with Gasteiger partial charge in [-0.3, -0.25) is 9.47 Å². The number of benzene rings is 2. The second-order valence-electron chi connectivity index (χ2n) is 9.14. The minimum absolute atomic E-state index is 0.537. The Hall–Kier alpha value is -3.69. The van der Waals surface area contributed by atoms with Crippen molar-refractivity contribution in [2.45, 2.75) is 31.7 Å². The van der Waals surface area contributed by atoms with Crippen LogP contribution in [-0.2, 0) is 12.8 Å². The molecule has 0 radical (unpaired) electrons. The number of piperazine rings is 1. The highest BCUT2D eigenvalue weighted by molar-refractivity contribution is 5.87. The monoisotopic (exact) mass is 472 g/mol. The second-order valence-corrected chi connectivity index (χ2v) is 9.14. The number of hydrogen-bond donors (Lipinski definition) is 4. The number of fused-ring (bicyclic) bond motifs is 1. The third kappa shape index (κ3) is 5.70.